The number of phenols is 1. The van der Waals surface area contributed by atoms with Crippen LogP contribution in [0.25, 0.3) is 0 Å². The number of benzene rings is 1. The lowest BCUT2D eigenvalue weighted by Crippen LogP contribution is -2.35. The third kappa shape index (κ3) is 5.56. The molecule has 0 fully saturated rings. The van der Waals surface area contributed by atoms with Gasteiger partial charge in [-0.1, -0.05) is 12.1 Å². The molecule has 0 spiro atoms. The molecule has 2 N–H and O–H groups in total. The summed E-state index contributed by atoms with van der Waals surface area (Å²) < 4.78 is 5.34. The van der Waals surface area contributed by atoms with Crippen LogP contribution in [0.1, 0.15) is 43.1 Å². The molecule has 0 saturated heterocycles. The first-order valence-corrected chi connectivity index (χ1v) is 8.30. The van der Waals surface area contributed by atoms with Crippen LogP contribution in [0.5, 0.6) is 5.75 Å². The minimum atomic E-state index is -0.550. The van der Waals surface area contributed by atoms with E-state index in [1.54, 1.807) is 23.5 Å². The van der Waals surface area contributed by atoms with Crippen molar-refractivity contribution in [3.05, 3.63) is 45.9 Å². The molecule has 0 saturated carbocycles. The molecule has 0 aliphatic heterocycles. The highest BCUT2D eigenvalue weighted by molar-refractivity contribution is 7.09. The van der Waals surface area contributed by atoms with E-state index in [1.165, 1.54) is 0 Å². The number of aromatic hydroxyl groups is 1. The van der Waals surface area contributed by atoms with E-state index in [9.17, 15) is 9.90 Å². The lowest BCUT2D eigenvalue weighted by Gasteiger charge is -2.23. The van der Waals surface area contributed by atoms with Crippen LogP contribution in [0.2, 0.25) is 0 Å². The Morgan fingerprint density at radius 3 is 2.52 bits per heavy atom. The smallest absolute Gasteiger partial charge is 0.408 e. The highest BCUT2D eigenvalue weighted by Gasteiger charge is 2.22. The Hall–Kier alpha value is -2.08. The van der Waals surface area contributed by atoms with Crippen molar-refractivity contribution < 1.29 is 14.6 Å². The normalized spacial score (nSPS) is 12.7. The number of carbonyl (C=O) groups excluding carboxylic acids is 1. The molecule has 23 heavy (non-hydrogen) atoms. The molecule has 1 amide bonds. The highest BCUT2D eigenvalue weighted by atomic mass is 32.1. The average molecular weight is 334 g/mol. The van der Waals surface area contributed by atoms with Crippen LogP contribution < -0.4 is 5.32 Å². The number of hydrogen-bond acceptors (Lipinski definition) is 5. The van der Waals surface area contributed by atoms with Gasteiger partial charge in [0.05, 0.1) is 16.7 Å². The summed E-state index contributed by atoms with van der Waals surface area (Å²) in [4.78, 5) is 16.6. The molecule has 0 aliphatic rings. The van der Waals surface area contributed by atoms with Crippen molar-refractivity contribution in [1.29, 1.82) is 0 Å². The number of nitrogens with zero attached hydrogens (tertiary/aromatic N) is 1. The second-order valence-electron chi connectivity index (χ2n) is 6.36. The number of aryl methyl sites for hydroxylation is 1. The summed E-state index contributed by atoms with van der Waals surface area (Å²) in [5.74, 6) is 0.218. The number of ether oxygens (including phenoxy) is 1. The van der Waals surface area contributed by atoms with Crippen molar-refractivity contribution in [2.24, 2.45) is 0 Å². The molecule has 6 heteroatoms. The van der Waals surface area contributed by atoms with Crippen molar-refractivity contribution in [2.45, 2.75) is 45.8 Å². The molecule has 0 radical (unpaired) electrons. The summed E-state index contributed by atoms with van der Waals surface area (Å²) >= 11 is 1.54. The number of aromatic nitrogens is 1. The molecule has 0 unspecified atom stereocenters. The fraction of sp³-hybridized carbons (Fsp3) is 0.412. The minimum absolute atomic E-state index is 0.218. The fourth-order valence-corrected chi connectivity index (χ4v) is 2.75. The molecule has 1 aromatic heterocycles. The first-order chi connectivity index (χ1) is 10.7. The van der Waals surface area contributed by atoms with E-state index < -0.39 is 11.7 Å². The predicted molar refractivity (Wildman–Crippen MR) is 90.8 cm³/mol. The molecule has 1 aromatic carbocycles. The van der Waals surface area contributed by atoms with Gasteiger partial charge in [0.1, 0.15) is 11.4 Å². The van der Waals surface area contributed by atoms with Crippen LogP contribution in [0.3, 0.4) is 0 Å². The molecule has 5 nitrogen and oxygen atoms in total. The Labute approximate surface area is 140 Å². The number of carbonyl (C=O) groups is 1. The number of nitrogens with one attached hydrogen (secondary N) is 1. The first-order valence-electron chi connectivity index (χ1n) is 7.42. The molecule has 2 aromatic rings. The van der Waals surface area contributed by atoms with Gasteiger partial charge in [-0.25, -0.2) is 9.78 Å². The second kappa shape index (κ2) is 7.00. The summed E-state index contributed by atoms with van der Waals surface area (Å²) in [6.07, 6.45) is 0.106. The number of rotatable bonds is 4. The van der Waals surface area contributed by atoms with Gasteiger partial charge in [-0.15, -0.1) is 11.3 Å². The second-order valence-corrected chi connectivity index (χ2v) is 7.42. The fourth-order valence-electron chi connectivity index (χ4n) is 2.09. The van der Waals surface area contributed by atoms with Gasteiger partial charge >= 0.3 is 6.09 Å². The topological polar surface area (TPSA) is 71.5 Å². The van der Waals surface area contributed by atoms with Gasteiger partial charge in [0.2, 0.25) is 0 Å². The standard InChI is InChI=1S/C17H22N2O3S/c1-11-18-15(10-23-11)14(19-16(21)22-17(2,3)4)9-12-5-7-13(20)8-6-12/h5-8,10,14,20H,9H2,1-4H3,(H,19,21)/t14-/m0/s1. The highest BCUT2D eigenvalue weighted by Crippen LogP contribution is 2.22. The maximum atomic E-state index is 12.1. The third-order valence-corrected chi connectivity index (χ3v) is 3.85. The van der Waals surface area contributed by atoms with Gasteiger partial charge in [-0.3, -0.25) is 0 Å². The van der Waals surface area contributed by atoms with Crippen molar-refractivity contribution in [3.63, 3.8) is 0 Å². The summed E-state index contributed by atoms with van der Waals surface area (Å²) in [7, 11) is 0. The Bertz CT molecular complexity index is 659. The van der Waals surface area contributed by atoms with E-state index in [-0.39, 0.29) is 11.8 Å². The van der Waals surface area contributed by atoms with E-state index in [4.69, 9.17) is 4.74 Å². The Kier molecular flexibility index (Phi) is 5.26. The maximum absolute atomic E-state index is 12.1. The van der Waals surface area contributed by atoms with Crippen LogP contribution in [-0.4, -0.2) is 21.8 Å². The number of amides is 1. The number of thiazole rings is 1. The minimum Gasteiger partial charge on any atom is -0.508 e. The van der Waals surface area contributed by atoms with E-state index in [0.717, 1.165) is 16.3 Å². The van der Waals surface area contributed by atoms with Gasteiger partial charge in [0.25, 0.3) is 0 Å². The van der Waals surface area contributed by atoms with Crippen LogP contribution >= 0.6 is 11.3 Å². The molecular weight excluding hydrogens is 312 g/mol. The van der Waals surface area contributed by atoms with E-state index in [0.29, 0.717) is 6.42 Å². The Balaban J connectivity index is 2.15. The van der Waals surface area contributed by atoms with Gasteiger partial charge in [0, 0.05) is 5.38 Å². The number of phenolic OH excluding ortho intramolecular Hbond substituents is 1. The van der Waals surface area contributed by atoms with Gasteiger partial charge in [0.15, 0.2) is 0 Å². The lowest BCUT2D eigenvalue weighted by atomic mass is 10.0. The van der Waals surface area contributed by atoms with Crippen LogP contribution in [-0.2, 0) is 11.2 Å². The summed E-state index contributed by atoms with van der Waals surface area (Å²) in [6.45, 7) is 7.41. The van der Waals surface area contributed by atoms with Crippen molar-refractivity contribution in [1.82, 2.24) is 10.3 Å². The van der Waals surface area contributed by atoms with E-state index >= 15 is 0 Å². The Morgan fingerprint density at radius 2 is 2.00 bits per heavy atom. The first kappa shape index (κ1) is 17.3. The third-order valence-electron chi connectivity index (χ3n) is 3.06. The monoisotopic (exact) mass is 334 g/mol. The van der Waals surface area contributed by atoms with Gasteiger partial charge in [-0.05, 0) is 51.8 Å². The molecule has 0 bridgehead atoms. The molecule has 1 heterocycles. The predicted octanol–water partition coefficient (Wildman–Crippen LogP) is 3.97. The number of hydrogen-bond donors (Lipinski definition) is 2. The van der Waals surface area contributed by atoms with Gasteiger partial charge < -0.3 is 15.2 Å². The molecular formula is C17H22N2O3S. The molecule has 0 aliphatic carbocycles. The maximum Gasteiger partial charge on any atom is 0.408 e. The van der Waals surface area contributed by atoms with Gasteiger partial charge in [-0.2, -0.15) is 0 Å². The summed E-state index contributed by atoms with van der Waals surface area (Å²) in [5, 5.41) is 15.2. The van der Waals surface area contributed by atoms with Crippen molar-refractivity contribution >= 4 is 17.4 Å². The lowest BCUT2D eigenvalue weighted by molar-refractivity contribution is 0.0502. The largest absolute Gasteiger partial charge is 0.508 e. The summed E-state index contributed by atoms with van der Waals surface area (Å²) in [6, 6.07) is 6.65. The zero-order valence-electron chi connectivity index (χ0n) is 13.8. The Morgan fingerprint density at radius 1 is 1.35 bits per heavy atom. The van der Waals surface area contributed by atoms with Crippen molar-refractivity contribution in [2.75, 3.05) is 0 Å². The van der Waals surface area contributed by atoms with Crippen LogP contribution in [0.4, 0.5) is 4.79 Å². The zero-order chi connectivity index (χ0) is 17.0. The van der Waals surface area contributed by atoms with E-state index in [1.807, 2.05) is 45.2 Å². The quantitative estimate of drug-likeness (QED) is 0.887. The van der Waals surface area contributed by atoms with E-state index in [2.05, 4.69) is 10.3 Å². The number of alkyl carbamates (subject to hydrolysis) is 1. The molecule has 2 rings (SSSR count). The van der Waals surface area contributed by atoms with Crippen LogP contribution in [0.15, 0.2) is 29.6 Å². The molecule has 1 atom stereocenters. The summed E-state index contributed by atoms with van der Waals surface area (Å²) in [5.41, 5.74) is 1.26. The zero-order valence-corrected chi connectivity index (χ0v) is 14.6. The van der Waals surface area contributed by atoms with Crippen LogP contribution in [0, 0.1) is 6.92 Å². The molecule has 124 valence electrons. The SMILES string of the molecule is Cc1nc([C@H](Cc2ccc(O)cc2)NC(=O)OC(C)(C)C)cs1. The van der Waals surface area contributed by atoms with Crippen molar-refractivity contribution in [3.8, 4) is 5.75 Å². The average Bonchev–Trinajstić information content (AvgIpc) is 2.85.